The molecule has 0 bridgehead atoms. The van der Waals surface area contributed by atoms with Crippen molar-refractivity contribution in [2.24, 2.45) is 0 Å². The van der Waals surface area contributed by atoms with Crippen molar-refractivity contribution in [1.29, 1.82) is 0 Å². The quantitative estimate of drug-likeness (QED) is 0.657. The van der Waals surface area contributed by atoms with Gasteiger partial charge in [-0.1, -0.05) is 65.8 Å². The summed E-state index contributed by atoms with van der Waals surface area (Å²) in [7, 11) is 0. The van der Waals surface area contributed by atoms with E-state index in [0.717, 1.165) is 23.0 Å². The minimum atomic E-state index is 0.436. The molecule has 0 aliphatic rings. The average Bonchev–Trinajstić information content (AvgIpc) is 2.27. The van der Waals surface area contributed by atoms with Crippen LogP contribution < -0.4 is 5.32 Å². The van der Waals surface area contributed by atoms with E-state index in [0.29, 0.717) is 16.1 Å². The zero-order chi connectivity index (χ0) is 12.8. The number of unbranched alkanes of at least 4 members (excludes halogenated alkanes) is 1. The maximum atomic E-state index is 6.19. The van der Waals surface area contributed by atoms with Crippen LogP contribution >= 0.6 is 39.1 Å². The largest absolute Gasteiger partial charge is 0.380 e. The Labute approximate surface area is 122 Å². The summed E-state index contributed by atoms with van der Waals surface area (Å²) in [5, 5.41) is 4.77. The first-order valence-electron chi connectivity index (χ1n) is 5.99. The third-order valence-electron chi connectivity index (χ3n) is 2.75. The van der Waals surface area contributed by atoms with Gasteiger partial charge in [-0.15, -0.1) is 0 Å². The summed E-state index contributed by atoms with van der Waals surface area (Å²) in [4.78, 5) is 0. The lowest BCUT2D eigenvalue weighted by Gasteiger charge is -2.20. The molecule has 96 valence electrons. The van der Waals surface area contributed by atoms with Gasteiger partial charge in [0, 0.05) is 10.5 Å². The fourth-order valence-corrected chi connectivity index (χ4v) is 3.03. The van der Waals surface area contributed by atoms with Gasteiger partial charge in [0.05, 0.1) is 15.7 Å². The summed E-state index contributed by atoms with van der Waals surface area (Å²) < 4.78 is 0.902. The lowest BCUT2D eigenvalue weighted by atomic mass is 10.1. The van der Waals surface area contributed by atoms with Gasteiger partial charge >= 0.3 is 0 Å². The molecule has 0 spiro atoms. The Bertz CT molecular complexity index is 345. The van der Waals surface area contributed by atoms with Gasteiger partial charge in [-0.25, -0.2) is 0 Å². The molecule has 17 heavy (non-hydrogen) atoms. The molecule has 0 saturated carbocycles. The van der Waals surface area contributed by atoms with Gasteiger partial charge in [0.25, 0.3) is 0 Å². The molecule has 0 aromatic heterocycles. The highest BCUT2D eigenvalue weighted by Gasteiger charge is 2.12. The first-order chi connectivity index (χ1) is 8.08. The second kappa shape index (κ2) is 7.50. The van der Waals surface area contributed by atoms with Gasteiger partial charge in [0.1, 0.15) is 0 Å². The van der Waals surface area contributed by atoms with Crippen LogP contribution in [-0.4, -0.2) is 6.04 Å². The second-order valence-electron chi connectivity index (χ2n) is 4.14. The van der Waals surface area contributed by atoms with Crippen molar-refractivity contribution < 1.29 is 0 Å². The highest BCUT2D eigenvalue weighted by molar-refractivity contribution is 9.10. The molecule has 0 heterocycles. The van der Waals surface area contributed by atoms with E-state index in [4.69, 9.17) is 23.2 Å². The highest BCUT2D eigenvalue weighted by atomic mass is 79.9. The van der Waals surface area contributed by atoms with E-state index < -0.39 is 0 Å². The van der Waals surface area contributed by atoms with Crippen molar-refractivity contribution in [3.63, 3.8) is 0 Å². The molecule has 1 rings (SSSR count). The van der Waals surface area contributed by atoms with Crippen molar-refractivity contribution in [1.82, 2.24) is 0 Å². The molecule has 4 heteroatoms. The molecular formula is C13H18BrCl2N. The van der Waals surface area contributed by atoms with Gasteiger partial charge in [-0.2, -0.15) is 0 Å². The average molecular weight is 339 g/mol. The number of rotatable bonds is 6. The molecule has 0 amide bonds. The molecule has 1 aromatic rings. The van der Waals surface area contributed by atoms with Gasteiger partial charge in [-0.3, -0.25) is 0 Å². The number of benzene rings is 1. The van der Waals surface area contributed by atoms with Crippen LogP contribution in [0.15, 0.2) is 16.6 Å². The summed E-state index contributed by atoms with van der Waals surface area (Å²) in [6.45, 7) is 4.38. The van der Waals surface area contributed by atoms with E-state index in [1.807, 2.05) is 12.1 Å². The minimum Gasteiger partial charge on any atom is -0.380 e. The van der Waals surface area contributed by atoms with E-state index in [9.17, 15) is 0 Å². The minimum absolute atomic E-state index is 0.436. The Hall–Kier alpha value is 0.0800. The van der Waals surface area contributed by atoms with Crippen molar-refractivity contribution in [2.75, 3.05) is 5.32 Å². The molecule has 1 atom stereocenters. The molecule has 1 unspecified atom stereocenters. The SMILES string of the molecule is CCCCC(CC)Nc1c(Cl)cc(Br)cc1Cl. The van der Waals surface area contributed by atoms with Crippen molar-refractivity contribution in [3.05, 3.63) is 26.7 Å². The second-order valence-corrected chi connectivity index (χ2v) is 5.87. The van der Waals surface area contributed by atoms with Crippen molar-refractivity contribution in [2.45, 2.75) is 45.6 Å². The lowest BCUT2D eigenvalue weighted by molar-refractivity contribution is 0.593. The van der Waals surface area contributed by atoms with E-state index in [-0.39, 0.29) is 0 Å². The van der Waals surface area contributed by atoms with Crippen molar-refractivity contribution in [3.8, 4) is 0 Å². The van der Waals surface area contributed by atoms with Gasteiger partial charge in [-0.05, 0) is 25.0 Å². The summed E-state index contributed by atoms with van der Waals surface area (Å²) in [6.07, 6.45) is 4.65. The number of nitrogens with one attached hydrogen (secondary N) is 1. The Morgan fingerprint density at radius 2 is 1.82 bits per heavy atom. The van der Waals surface area contributed by atoms with Crippen LogP contribution in [0.25, 0.3) is 0 Å². The topological polar surface area (TPSA) is 12.0 Å². The summed E-state index contributed by atoms with van der Waals surface area (Å²) in [5.74, 6) is 0. The van der Waals surface area contributed by atoms with Crippen LogP contribution in [0.4, 0.5) is 5.69 Å². The maximum Gasteiger partial charge on any atom is 0.0721 e. The standard InChI is InChI=1S/C13H18BrCl2N/c1-3-5-6-10(4-2)17-13-11(15)7-9(14)8-12(13)16/h7-8,10,17H,3-6H2,1-2H3. The molecule has 0 fully saturated rings. The number of halogens is 3. The van der Waals surface area contributed by atoms with Crippen LogP contribution in [0.5, 0.6) is 0 Å². The van der Waals surface area contributed by atoms with Crippen LogP contribution in [0, 0.1) is 0 Å². The molecule has 0 radical (unpaired) electrons. The Kier molecular flexibility index (Phi) is 6.68. The first-order valence-corrected chi connectivity index (χ1v) is 7.54. The van der Waals surface area contributed by atoms with Crippen molar-refractivity contribution >= 4 is 44.8 Å². The Balaban J connectivity index is 2.78. The molecule has 0 aliphatic heterocycles. The molecular weight excluding hydrogens is 321 g/mol. The molecule has 0 saturated heterocycles. The fourth-order valence-electron chi connectivity index (χ4n) is 1.71. The van der Waals surface area contributed by atoms with E-state index in [2.05, 4.69) is 35.1 Å². The Morgan fingerprint density at radius 3 is 2.29 bits per heavy atom. The van der Waals surface area contributed by atoms with E-state index in [1.54, 1.807) is 0 Å². The monoisotopic (exact) mass is 337 g/mol. The van der Waals surface area contributed by atoms with Crippen LogP contribution in [-0.2, 0) is 0 Å². The number of anilines is 1. The zero-order valence-electron chi connectivity index (χ0n) is 10.2. The normalized spacial score (nSPS) is 12.5. The van der Waals surface area contributed by atoms with Crippen LogP contribution in [0.3, 0.4) is 0 Å². The number of hydrogen-bond acceptors (Lipinski definition) is 1. The molecule has 1 aromatic carbocycles. The third-order valence-corrected chi connectivity index (χ3v) is 3.81. The predicted octanol–water partition coefficient (Wildman–Crippen LogP) is 6.14. The summed E-state index contributed by atoms with van der Waals surface area (Å²) in [5.41, 5.74) is 0.847. The van der Waals surface area contributed by atoms with Gasteiger partial charge < -0.3 is 5.32 Å². The first kappa shape index (κ1) is 15.1. The van der Waals surface area contributed by atoms with Gasteiger partial charge in [0.15, 0.2) is 0 Å². The summed E-state index contributed by atoms with van der Waals surface area (Å²) >= 11 is 15.8. The molecule has 1 nitrogen and oxygen atoms in total. The highest BCUT2D eigenvalue weighted by Crippen LogP contribution is 2.34. The zero-order valence-corrected chi connectivity index (χ0v) is 13.3. The Morgan fingerprint density at radius 1 is 1.24 bits per heavy atom. The molecule has 0 aliphatic carbocycles. The third kappa shape index (κ3) is 4.69. The maximum absolute atomic E-state index is 6.19. The smallest absolute Gasteiger partial charge is 0.0721 e. The predicted molar refractivity (Wildman–Crippen MR) is 81.4 cm³/mol. The van der Waals surface area contributed by atoms with Crippen LogP contribution in [0.1, 0.15) is 39.5 Å². The van der Waals surface area contributed by atoms with Gasteiger partial charge in [0.2, 0.25) is 0 Å². The van der Waals surface area contributed by atoms with Crippen LogP contribution in [0.2, 0.25) is 10.0 Å². The lowest BCUT2D eigenvalue weighted by Crippen LogP contribution is -2.18. The van der Waals surface area contributed by atoms with E-state index >= 15 is 0 Å². The number of hydrogen-bond donors (Lipinski definition) is 1. The fraction of sp³-hybridized carbons (Fsp3) is 0.538. The molecule has 1 N–H and O–H groups in total. The summed E-state index contributed by atoms with van der Waals surface area (Å²) in [6, 6.07) is 4.16. The van der Waals surface area contributed by atoms with E-state index in [1.165, 1.54) is 12.8 Å².